The molecule has 3 nitrogen and oxygen atoms in total. The van der Waals surface area contributed by atoms with Crippen molar-refractivity contribution in [2.24, 2.45) is 0 Å². The predicted octanol–water partition coefficient (Wildman–Crippen LogP) is 4.49. The number of anilines is 1. The molecule has 1 amide bonds. The Kier molecular flexibility index (Phi) is 5.32. The predicted molar refractivity (Wildman–Crippen MR) is 89.8 cm³/mol. The van der Waals surface area contributed by atoms with Crippen LogP contribution in [0.15, 0.2) is 0 Å². The first-order valence-corrected chi connectivity index (χ1v) is 7.38. The van der Waals surface area contributed by atoms with Gasteiger partial charge in [0, 0.05) is 24.1 Å². The summed E-state index contributed by atoms with van der Waals surface area (Å²) in [7, 11) is 0. The molecule has 0 saturated carbocycles. The fraction of sp³-hybridized carbons (Fsp3) is 0.588. The lowest BCUT2D eigenvalue weighted by atomic mass is 9.92. The van der Waals surface area contributed by atoms with Crippen molar-refractivity contribution >= 4 is 24.0 Å². The molecule has 0 atom stereocenters. The minimum Gasteiger partial charge on any atom is -0.487 e. The molecule has 0 aromatic heterocycles. The first-order chi connectivity index (χ1) is 9.26. The van der Waals surface area contributed by atoms with Crippen LogP contribution < -0.4 is 10.1 Å². The van der Waals surface area contributed by atoms with Crippen LogP contribution in [0, 0.1) is 20.8 Å². The summed E-state index contributed by atoms with van der Waals surface area (Å²) in [6.45, 7) is 12.4. The summed E-state index contributed by atoms with van der Waals surface area (Å²) in [6, 6.07) is 0. The van der Waals surface area contributed by atoms with E-state index in [9.17, 15) is 4.79 Å². The number of amides is 1. The molecule has 0 saturated heterocycles. The third kappa shape index (κ3) is 3.34. The highest BCUT2D eigenvalue weighted by molar-refractivity contribution is 5.93. The van der Waals surface area contributed by atoms with Gasteiger partial charge in [0.25, 0.3) is 0 Å². The minimum atomic E-state index is -0.156. The first kappa shape index (κ1) is 17.8. The second kappa shape index (κ2) is 6.27. The number of hydrogen-bond acceptors (Lipinski definition) is 2. The number of carbonyl (C=O) groups excluding carboxylic acids is 1. The van der Waals surface area contributed by atoms with Gasteiger partial charge >= 0.3 is 0 Å². The Morgan fingerprint density at radius 3 is 2.38 bits per heavy atom. The number of rotatable bonds is 3. The Bertz CT molecular complexity index is 565. The molecule has 0 aliphatic carbocycles. The Morgan fingerprint density at radius 2 is 1.81 bits per heavy atom. The number of fused-ring (bicyclic) bond motifs is 1. The van der Waals surface area contributed by atoms with Gasteiger partial charge in [0.15, 0.2) is 0 Å². The first-order valence-electron chi connectivity index (χ1n) is 7.38. The van der Waals surface area contributed by atoms with Crippen LogP contribution in [0.2, 0.25) is 0 Å². The van der Waals surface area contributed by atoms with E-state index >= 15 is 0 Å². The topological polar surface area (TPSA) is 38.3 Å². The molecule has 1 aromatic rings. The van der Waals surface area contributed by atoms with Gasteiger partial charge in [0.2, 0.25) is 5.91 Å². The van der Waals surface area contributed by atoms with Gasteiger partial charge in [-0.25, -0.2) is 0 Å². The molecule has 1 aromatic carbocycles. The summed E-state index contributed by atoms with van der Waals surface area (Å²) in [5.41, 5.74) is 5.46. The monoisotopic (exact) mass is 311 g/mol. The summed E-state index contributed by atoms with van der Waals surface area (Å²) < 4.78 is 6.08. The van der Waals surface area contributed by atoms with Crippen LogP contribution in [0.25, 0.3) is 0 Å². The van der Waals surface area contributed by atoms with Crippen molar-refractivity contribution in [2.45, 2.75) is 66.4 Å². The molecule has 4 heteroatoms. The van der Waals surface area contributed by atoms with Crippen LogP contribution in [0.4, 0.5) is 5.69 Å². The van der Waals surface area contributed by atoms with Crippen LogP contribution in [-0.2, 0) is 11.2 Å². The summed E-state index contributed by atoms with van der Waals surface area (Å²) in [5.74, 6) is 1.11. The summed E-state index contributed by atoms with van der Waals surface area (Å²) in [6.07, 6.45) is 2.33. The molecule has 2 rings (SSSR count). The highest BCUT2D eigenvalue weighted by atomic mass is 35.5. The van der Waals surface area contributed by atoms with Crippen LogP contribution in [0.3, 0.4) is 0 Å². The zero-order chi connectivity index (χ0) is 15.1. The maximum absolute atomic E-state index is 11.9. The molecule has 1 heterocycles. The van der Waals surface area contributed by atoms with Crippen molar-refractivity contribution in [3.05, 3.63) is 22.3 Å². The number of benzene rings is 1. The van der Waals surface area contributed by atoms with Gasteiger partial charge < -0.3 is 10.1 Å². The molecule has 0 fully saturated rings. The number of hydrogen-bond donors (Lipinski definition) is 1. The quantitative estimate of drug-likeness (QED) is 0.893. The van der Waals surface area contributed by atoms with Gasteiger partial charge in [-0.2, -0.15) is 0 Å². The van der Waals surface area contributed by atoms with Gasteiger partial charge in [-0.15, -0.1) is 12.4 Å². The number of halogens is 1. The van der Waals surface area contributed by atoms with E-state index in [0.717, 1.165) is 41.0 Å². The summed E-state index contributed by atoms with van der Waals surface area (Å²) in [4.78, 5) is 11.9. The number of nitrogens with one attached hydrogen (secondary N) is 1. The molecule has 0 unspecified atom stereocenters. The molecular weight excluding hydrogens is 286 g/mol. The van der Waals surface area contributed by atoms with Crippen LogP contribution in [0.5, 0.6) is 5.75 Å². The normalized spacial score (nSPS) is 15.0. The van der Waals surface area contributed by atoms with Crippen LogP contribution in [0.1, 0.15) is 55.9 Å². The standard InChI is InChI=1S/C17H25NO2.ClH/c1-7-8-14(19)18-15-10(2)11(3)16-13(12(15)4)9-17(5,6)20-16;/h7-9H2,1-6H3,(H,18,19);1H. The molecule has 21 heavy (non-hydrogen) atoms. The van der Waals surface area contributed by atoms with E-state index in [4.69, 9.17) is 4.74 Å². The average molecular weight is 312 g/mol. The average Bonchev–Trinajstić information content (AvgIpc) is 2.69. The van der Waals surface area contributed by atoms with Crippen molar-refractivity contribution in [2.75, 3.05) is 5.32 Å². The Labute approximate surface area is 133 Å². The van der Waals surface area contributed by atoms with E-state index in [1.807, 2.05) is 6.92 Å². The minimum absolute atomic E-state index is 0. The Morgan fingerprint density at radius 1 is 1.19 bits per heavy atom. The number of ether oxygens (including phenoxy) is 1. The van der Waals surface area contributed by atoms with Crippen molar-refractivity contribution in [3.8, 4) is 5.75 Å². The third-order valence-corrected chi connectivity index (χ3v) is 4.10. The molecular formula is C17H26ClNO2. The van der Waals surface area contributed by atoms with Crippen molar-refractivity contribution < 1.29 is 9.53 Å². The Balaban J connectivity index is 0.00000220. The largest absolute Gasteiger partial charge is 0.487 e. The SMILES string of the molecule is CCCC(=O)Nc1c(C)c(C)c2c(c1C)CC(C)(C)O2.Cl. The van der Waals surface area contributed by atoms with Gasteiger partial charge in [0.05, 0.1) is 0 Å². The fourth-order valence-corrected chi connectivity index (χ4v) is 2.89. The molecule has 1 aliphatic heterocycles. The van der Waals surface area contributed by atoms with E-state index in [0.29, 0.717) is 6.42 Å². The second-order valence-corrected chi connectivity index (χ2v) is 6.39. The lowest BCUT2D eigenvalue weighted by Gasteiger charge is -2.19. The molecule has 118 valence electrons. The lowest BCUT2D eigenvalue weighted by molar-refractivity contribution is -0.116. The zero-order valence-electron chi connectivity index (χ0n) is 13.8. The highest BCUT2D eigenvalue weighted by Crippen LogP contribution is 2.44. The molecule has 0 bridgehead atoms. The van der Waals surface area contributed by atoms with Gasteiger partial charge in [0.1, 0.15) is 11.4 Å². The molecule has 0 radical (unpaired) electrons. The maximum atomic E-state index is 11.9. The van der Waals surface area contributed by atoms with Crippen molar-refractivity contribution in [1.29, 1.82) is 0 Å². The van der Waals surface area contributed by atoms with Gasteiger partial charge in [-0.3, -0.25) is 4.79 Å². The van der Waals surface area contributed by atoms with Gasteiger partial charge in [-0.05, 0) is 57.7 Å². The van der Waals surface area contributed by atoms with Crippen LogP contribution >= 0.6 is 12.4 Å². The van der Waals surface area contributed by atoms with Crippen molar-refractivity contribution in [1.82, 2.24) is 0 Å². The Hall–Kier alpha value is -1.22. The van der Waals surface area contributed by atoms with Gasteiger partial charge in [-0.1, -0.05) is 6.92 Å². The zero-order valence-corrected chi connectivity index (χ0v) is 14.7. The smallest absolute Gasteiger partial charge is 0.224 e. The summed E-state index contributed by atoms with van der Waals surface area (Å²) >= 11 is 0. The van der Waals surface area contributed by atoms with E-state index in [1.54, 1.807) is 0 Å². The van der Waals surface area contributed by atoms with E-state index in [2.05, 4.69) is 39.9 Å². The lowest BCUT2D eigenvalue weighted by Crippen LogP contribution is -2.24. The maximum Gasteiger partial charge on any atom is 0.224 e. The molecule has 1 N–H and O–H groups in total. The van der Waals surface area contributed by atoms with E-state index in [1.165, 1.54) is 5.56 Å². The van der Waals surface area contributed by atoms with Crippen molar-refractivity contribution in [3.63, 3.8) is 0 Å². The van der Waals surface area contributed by atoms with Crippen LogP contribution in [-0.4, -0.2) is 11.5 Å². The summed E-state index contributed by atoms with van der Waals surface area (Å²) in [5, 5.41) is 3.08. The van der Waals surface area contributed by atoms with E-state index < -0.39 is 0 Å². The van der Waals surface area contributed by atoms with E-state index in [-0.39, 0.29) is 23.9 Å². The highest BCUT2D eigenvalue weighted by Gasteiger charge is 2.34. The fourth-order valence-electron chi connectivity index (χ4n) is 2.89. The second-order valence-electron chi connectivity index (χ2n) is 6.39. The molecule has 1 aliphatic rings. The number of carbonyl (C=O) groups is 1. The third-order valence-electron chi connectivity index (χ3n) is 4.10. The molecule has 0 spiro atoms.